The Bertz CT molecular complexity index is 823. The zero-order valence-corrected chi connectivity index (χ0v) is 15.4. The van der Waals surface area contributed by atoms with Gasteiger partial charge in [0.25, 0.3) is 0 Å². The van der Waals surface area contributed by atoms with Crippen molar-refractivity contribution in [3.8, 4) is 0 Å². The number of anilines is 1. The van der Waals surface area contributed by atoms with Crippen molar-refractivity contribution in [2.24, 2.45) is 0 Å². The van der Waals surface area contributed by atoms with E-state index < -0.39 is 0 Å². The van der Waals surface area contributed by atoms with Gasteiger partial charge in [-0.3, -0.25) is 0 Å². The molecule has 0 aliphatic rings. The van der Waals surface area contributed by atoms with Crippen molar-refractivity contribution in [2.45, 2.75) is 64.7 Å². The van der Waals surface area contributed by atoms with Gasteiger partial charge in [-0.1, -0.05) is 70.1 Å². The second-order valence-electron chi connectivity index (χ2n) is 7.15. The molecule has 0 saturated heterocycles. The Kier molecular flexibility index (Phi) is 6.27. The molecule has 0 amide bonds. The summed E-state index contributed by atoms with van der Waals surface area (Å²) in [6, 6.07) is 14.7. The first-order valence-corrected chi connectivity index (χ1v) is 9.86. The Hall–Kier alpha value is -2.09. The fourth-order valence-electron chi connectivity index (χ4n) is 3.59. The Morgan fingerprint density at radius 3 is 2.36 bits per heavy atom. The lowest BCUT2D eigenvalue weighted by atomic mass is 10.0. The Morgan fingerprint density at radius 2 is 1.56 bits per heavy atom. The van der Waals surface area contributed by atoms with Crippen LogP contribution >= 0.6 is 0 Å². The predicted molar refractivity (Wildman–Crippen MR) is 110 cm³/mol. The first-order chi connectivity index (χ1) is 12.3. The topological polar surface area (TPSA) is 38.9 Å². The van der Waals surface area contributed by atoms with Crippen LogP contribution in [0.15, 0.2) is 42.5 Å². The van der Waals surface area contributed by atoms with Crippen molar-refractivity contribution in [2.75, 3.05) is 5.73 Å². The van der Waals surface area contributed by atoms with Crippen molar-refractivity contribution < 1.29 is 0 Å². The van der Waals surface area contributed by atoms with Gasteiger partial charge >= 0.3 is 0 Å². The van der Waals surface area contributed by atoms with E-state index in [0.29, 0.717) is 0 Å². The van der Waals surface area contributed by atoms with Crippen molar-refractivity contribution in [3.63, 3.8) is 0 Å². The average Bonchev–Trinajstić information content (AvgIpc) is 2.62. The summed E-state index contributed by atoms with van der Waals surface area (Å²) < 4.78 is 0. The van der Waals surface area contributed by atoms with Crippen molar-refractivity contribution in [1.82, 2.24) is 4.98 Å². The van der Waals surface area contributed by atoms with Crippen LogP contribution in [0.3, 0.4) is 0 Å². The fraction of sp³-hybridized carbons (Fsp3) is 0.435. The number of fused-ring (bicyclic) bond motifs is 2. The fourth-order valence-corrected chi connectivity index (χ4v) is 3.59. The third-order valence-electron chi connectivity index (χ3n) is 5.05. The zero-order valence-electron chi connectivity index (χ0n) is 15.4. The van der Waals surface area contributed by atoms with E-state index in [2.05, 4.69) is 31.2 Å². The SMILES string of the molecule is CCCCCCCCCCc1cccc2cc3cc(N)ccc3nc12. The Morgan fingerprint density at radius 1 is 0.800 bits per heavy atom. The molecule has 3 aromatic rings. The number of nitrogen functional groups attached to an aromatic ring is 1. The number of hydrogen-bond acceptors (Lipinski definition) is 2. The number of hydrogen-bond donors (Lipinski definition) is 1. The van der Waals surface area contributed by atoms with Crippen LogP contribution in [0, 0.1) is 0 Å². The lowest BCUT2D eigenvalue weighted by Gasteiger charge is -2.08. The summed E-state index contributed by atoms with van der Waals surface area (Å²) in [6.45, 7) is 2.27. The molecule has 2 N–H and O–H groups in total. The smallest absolute Gasteiger partial charge is 0.0741 e. The molecule has 0 spiro atoms. The lowest BCUT2D eigenvalue weighted by Crippen LogP contribution is -1.92. The van der Waals surface area contributed by atoms with Gasteiger partial charge in [0.15, 0.2) is 0 Å². The predicted octanol–water partition coefficient (Wildman–Crippen LogP) is 6.65. The average molecular weight is 335 g/mol. The van der Waals surface area contributed by atoms with Gasteiger partial charge in [0.05, 0.1) is 11.0 Å². The second kappa shape index (κ2) is 8.84. The van der Waals surface area contributed by atoms with Gasteiger partial charge in [-0.15, -0.1) is 0 Å². The number of unbranched alkanes of at least 4 members (excludes halogenated alkanes) is 7. The number of aromatic nitrogens is 1. The highest BCUT2D eigenvalue weighted by Crippen LogP contribution is 2.25. The van der Waals surface area contributed by atoms with E-state index >= 15 is 0 Å². The summed E-state index contributed by atoms with van der Waals surface area (Å²) in [5.74, 6) is 0. The second-order valence-corrected chi connectivity index (χ2v) is 7.15. The molecule has 0 unspecified atom stereocenters. The van der Waals surface area contributed by atoms with Crippen LogP contribution in [0.2, 0.25) is 0 Å². The number of rotatable bonds is 9. The highest BCUT2D eigenvalue weighted by atomic mass is 14.7. The van der Waals surface area contributed by atoms with Crippen LogP contribution in [0.1, 0.15) is 63.9 Å². The molecule has 0 aliphatic carbocycles. The van der Waals surface area contributed by atoms with Crippen LogP contribution in [-0.2, 0) is 6.42 Å². The summed E-state index contributed by atoms with van der Waals surface area (Å²) in [7, 11) is 0. The van der Waals surface area contributed by atoms with Gasteiger partial charge in [-0.2, -0.15) is 0 Å². The molecule has 2 nitrogen and oxygen atoms in total. The molecule has 0 aliphatic heterocycles. The molecule has 1 heterocycles. The molecule has 0 atom stereocenters. The minimum Gasteiger partial charge on any atom is -0.399 e. The third kappa shape index (κ3) is 4.72. The molecule has 132 valence electrons. The molecular weight excluding hydrogens is 304 g/mol. The summed E-state index contributed by atoms with van der Waals surface area (Å²) in [5.41, 5.74) is 10.3. The molecule has 1 aromatic heterocycles. The Labute approximate surface area is 151 Å². The number of benzene rings is 2. The molecule has 0 saturated carbocycles. The van der Waals surface area contributed by atoms with Gasteiger partial charge < -0.3 is 5.73 Å². The molecular formula is C23H30N2. The van der Waals surface area contributed by atoms with E-state index in [0.717, 1.165) is 28.5 Å². The number of aryl methyl sites for hydroxylation is 1. The first kappa shape index (κ1) is 17.7. The number of nitrogens with zero attached hydrogens (tertiary/aromatic N) is 1. The van der Waals surface area contributed by atoms with Gasteiger partial charge in [0.2, 0.25) is 0 Å². The summed E-state index contributed by atoms with van der Waals surface area (Å²) in [4.78, 5) is 4.91. The van der Waals surface area contributed by atoms with Crippen LogP contribution < -0.4 is 5.73 Å². The van der Waals surface area contributed by atoms with Gasteiger partial charge in [0.1, 0.15) is 0 Å². The van der Waals surface area contributed by atoms with Gasteiger partial charge in [0, 0.05) is 16.5 Å². The van der Waals surface area contributed by atoms with E-state index in [-0.39, 0.29) is 0 Å². The van der Waals surface area contributed by atoms with E-state index in [4.69, 9.17) is 10.7 Å². The molecule has 0 bridgehead atoms. The van der Waals surface area contributed by atoms with Crippen LogP contribution in [0.5, 0.6) is 0 Å². The molecule has 2 aromatic carbocycles. The van der Waals surface area contributed by atoms with Gasteiger partial charge in [-0.05, 0) is 42.7 Å². The zero-order chi connectivity index (χ0) is 17.5. The highest BCUT2D eigenvalue weighted by Gasteiger charge is 2.05. The minimum atomic E-state index is 0.795. The number of pyridine rings is 1. The molecule has 25 heavy (non-hydrogen) atoms. The standard InChI is InChI=1S/C23H30N2/c1-2-3-4-5-6-7-8-9-11-18-12-10-13-19-16-20-17-21(24)14-15-22(20)25-23(18)19/h10,12-17H,2-9,11,24H2,1H3. The summed E-state index contributed by atoms with van der Waals surface area (Å²) >= 11 is 0. The van der Waals surface area contributed by atoms with E-state index in [1.807, 2.05) is 18.2 Å². The van der Waals surface area contributed by atoms with E-state index in [1.54, 1.807) is 0 Å². The van der Waals surface area contributed by atoms with Crippen LogP contribution in [-0.4, -0.2) is 4.98 Å². The number of nitrogens with two attached hydrogens (primary N) is 1. The first-order valence-electron chi connectivity index (χ1n) is 9.86. The van der Waals surface area contributed by atoms with E-state index in [9.17, 15) is 0 Å². The minimum absolute atomic E-state index is 0.795. The van der Waals surface area contributed by atoms with Crippen molar-refractivity contribution in [3.05, 3.63) is 48.0 Å². The maximum atomic E-state index is 5.90. The lowest BCUT2D eigenvalue weighted by molar-refractivity contribution is 0.576. The van der Waals surface area contributed by atoms with Gasteiger partial charge in [-0.25, -0.2) is 4.98 Å². The normalized spacial score (nSPS) is 11.4. The van der Waals surface area contributed by atoms with Crippen molar-refractivity contribution >= 4 is 27.5 Å². The maximum absolute atomic E-state index is 5.90. The molecule has 3 rings (SSSR count). The quantitative estimate of drug-likeness (QED) is 0.270. The highest BCUT2D eigenvalue weighted by molar-refractivity contribution is 5.95. The monoisotopic (exact) mass is 334 g/mol. The molecule has 0 radical (unpaired) electrons. The van der Waals surface area contributed by atoms with Crippen LogP contribution in [0.25, 0.3) is 21.8 Å². The Balaban J connectivity index is 1.62. The largest absolute Gasteiger partial charge is 0.399 e. The third-order valence-corrected chi connectivity index (χ3v) is 5.05. The number of para-hydroxylation sites is 1. The van der Waals surface area contributed by atoms with Crippen LogP contribution in [0.4, 0.5) is 5.69 Å². The maximum Gasteiger partial charge on any atom is 0.0741 e. The summed E-state index contributed by atoms with van der Waals surface area (Å²) in [6.07, 6.45) is 12.0. The molecule has 2 heteroatoms. The molecule has 0 fully saturated rings. The van der Waals surface area contributed by atoms with Crippen molar-refractivity contribution in [1.29, 1.82) is 0 Å². The van der Waals surface area contributed by atoms with E-state index in [1.165, 1.54) is 62.3 Å². The summed E-state index contributed by atoms with van der Waals surface area (Å²) in [5, 5.41) is 2.34.